The van der Waals surface area contributed by atoms with Crippen molar-refractivity contribution < 1.29 is 14.7 Å². The second kappa shape index (κ2) is 14.4. The van der Waals surface area contributed by atoms with Crippen molar-refractivity contribution >= 4 is 12.4 Å². The average Bonchev–Trinajstić information content (AvgIpc) is 2.95. The van der Waals surface area contributed by atoms with E-state index < -0.39 is 0 Å². The number of nitrogens with zero attached hydrogens (tertiary/aromatic N) is 3. The highest BCUT2D eigenvalue weighted by Crippen LogP contribution is 2.37. The molecule has 0 aliphatic heterocycles. The first-order valence-electron chi connectivity index (χ1n) is 17.4. The molecule has 250 valence electrons. The van der Waals surface area contributed by atoms with Crippen LogP contribution in [0.25, 0.3) is 0 Å². The lowest BCUT2D eigenvalue weighted by molar-refractivity contribution is -0.906. The zero-order valence-corrected chi connectivity index (χ0v) is 30.7. The van der Waals surface area contributed by atoms with Crippen molar-refractivity contribution in [3.05, 3.63) is 57.6 Å². The molecule has 0 saturated heterocycles. The third-order valence-electron chi connectivity index (χ3n) is 10.1. The molecule has 1 fully saturated rings. The quantitative estimate of drug-likeness (QED) is 0.206. The molecule has 0 heterocycles. The van der Waals surface area contributed by atoms with Crippen LogP contribution < -0.4 is 0 Å². The monoisotopic (exact) mass is 618 g/mol. The van der Waals surface area contributed by atoms with Crippen molar-refractivity contribution in [2.75, 3.05) is 26.7 Å². The van der Waals surface area contributed by atoms with E-state index in [9.17, 15) is 10.2 Å². The Hall–Kier alpha value is -2.66. The summed E-state index contributed by atoms with van der Waals surface area (Å²) in [6.07, 6.45) is 9.86. The zero-order chi connectivity index (χ0) is 33.8. The largest absolute Gasteiger partial charge is 0.507 e. The highest BCUT2D eigenvalue weighted by Gasteiger charge is 2.27. The van der Waals surface area contributed by atoms with Gasteiger partial charge in [-0.1, -0.05) is 87.3 Å². The van der Waals surface area contributed by atoms with Crippen LogP contribution in [0.1, 0.15) is 142 Å². The van der Waals surface area contributed by atoms with E-state index in [4.69, 9.17) is 9.98 Å². The summed E-state index contributed by atoms with van der Waals surface area (Å²) < 4.78 is 1.05. The average molecular weight is 619 g/mol. The number of quaternary nitrogens is 1. The second-order valence-corrected chi connectivity index (χ2v) is 16.8. The molecule has 45 heavy (non-hydrogen) atoms. The maximum atomic E-state index is 11.4. The topological polar surface area (TPSA) is 65.2 Å². The van der Waals surface area contributed by atoms with Gasteiger partial charge < -0.3 is 14.7 Å². The van der Waals surface area contributed by atoms with Crippen molar-refractivity contribution in [1.29, 1.82) is 0 Å². The number of aromatic hydroxyl groups is 2. The molecule has 3 rings (SSSR count). The fraction of sp³-hybridized carbons (Fsp3) is 0.650. The van der Waals surface area contributed by atoms with E-state index in [0.29, 0.717) is 11.5 Å². The Morgan fingerprint density at radius 1 is 0.711 bits per heavy atom. The number of phenols is 2. The molecule has 1 aliphatic carbocycles. The first-order chi connectivity index (χ1) is 20.8. The first-order valence-corrected chi connectivity index (χ1v) is 17.4. The molecular formula is C40H64N3O2+. The van der Waals surface area contributed by atoms with Crippen LogP contribution in [0, 0.1) is 0 Å². The minimum absolute atomic E-state index is 0.0321. The summed E-state index contributed by atoms with van der Waals surface area (Å²) in [6.45, 7) is 27.6. The Labute approximate surface area is 275 Å². The second-order valence-electron chi connectivity index (χ2n) is 16.8. The van der Waals surface area contributed by atoms with E-state index in [0.717, 1.165) is 84.9 Å². The van der Waals surface area contributed by atoms with Gasteiger partial charge in [0.05, 0.1) is 38.8 Å². The fourth-order valence-corrected chi connectivity index (χ4v) is 6.18. The van der Waals surface area contributed by atoms with Crippen molar-refractivity contribution in [2.24, 2.45) is 9.98 Å². The third-order valence-corrected chi connectivity index (χ3v) is 10.1. The molecule has 1 saturated carbocycles. The van der Waals surface area contributed by atoms with Crippen LogP contribution in [-0.2, 0) is 22.7 Å². The molecule has 5 heteroatoms. The Balaban J connectivity index is 1.93. The minimum atomic E-state index is -0.182. The standard InChI is InChI=1S/C40H63N3O2/c1-13-43(12,14-2)21-17-18-28-22-31(38(3,4)5)23-29(36(28)44)26-41-34-19-15-16-20-35(34)42-27-30-24-32(39(6,7)8)25-33(37(30)45)40(9,10)11/h22-27,34-35H,13-21H2,1-12H3,(H-,41,42,44,45)/p+1/t34-,35-/m0/s1. The van der Waals surface area contributed by atoms with E-state index in [1.807, 2.05) is 12.4 Å². The van der Waals surface area contributed by atoms with Crippen LogP contribution in [0.2, 0.25) is 0 Å². The molecule has 0 unspecified atom stereocenters. The van der Waals surface area contributed by atoms with E-state index in [2.05, 4.69) is 107 Å². The predicted octanol–water partition coefficient (Wildman–Crippen LogP) is 9.26. The van der Waals surface area contributed by atoms with Gasteiger partial charge in [-0.2, -0.15) is 0 Å². The fourth-order valence-electron chi connectivity index (χ4n) is 6.18. The van der Waals surface area contributed by atoms with Crippen molar-refractivity contribution in [3.63, 3.8) is 0 Å². The summed E-state index contributed by atoms with van der Waals surface area (Å²) >= 11 is 0. The van der Waals surface area contributed by atoms with Crippen molar-refractivity contribution in [3.8, 4) is 11.5 Å². The van der Waals surface area contributed by atoms with Crippen LogP contribution in [0.15, 0.2) is 34.3 Å². The van der Waals surface area contributed by atoms with Crippen LogP contribution in [0.4, 0.5) is 0 Å². The van der Waals surface area contributed by atoms with Gasteiger partial charge in [0.1, 0.15) is 11.5 Å². The van der Waals surface area contributed by atoms with Crippen LogP contribution in [0.3, 0.4) is 0 Å². The third kappa shape index (κ3) is 9.67. The van der Waals surface area contributed by atoms with Gasteiger partial charge in [-0.25, -0.2) is 0 Å². The van der Waals surface area contributed by atoms with Gasteiger partial charge in [-0.3, -0.25) is 9.98 Å². The molecule has 2 N–H and O–H groups in total. The SMILES string of the molecule is CC[N+](C)(CC)CCCc1cc(C(C)(C)C)cc(C=N[C@H]2CCCC[C@@H]2N=Cc2cc(C(C)(C)C)cc(C(C)(C)C)c2O)c1O. The molecule has 0 spiro atoms. The van der Waals surface area contributed by atoms with E-state index in [1.54, 1.807) is 0 Å². The number of benzene rings is 2. The summed E-state index contributed by atoms with van der Waals surface area (Å²) in [6, 6.07) is 8.64. The van der Waals surface area contributed by atoms with E-state index >= 15 is 0 Å². The molecule has 0 bridgehead atoms. The van der Waals surface area contributed by atoms with Crippen LogP contribution in [-0.4, -0.2) is 65.9 Å². The van der Waals surface area contributed by atoms with Gasteiger partial charge >= 0.3 is 0 Å². The van der Waals surface area contributed by atoms with Gasteiger partial charge in [-0.15, -0.1) is 0 Å². The summed E-state index contributed by atoms with van der Waals surface area (Å²) in [5, 5.41) is 22.7. The predicted molar refractivity (Wildman–Crippen MR) is 194 cm³/mol. The lowest BCUT2D eigenvalue weighted by atomic mass is 9.79. The first kappa shape index (κ1) is 36.8. The van der Waals surface area contributed by atoms with Crippen molar-refractivity contribution in [2.45, 2.75) is 143 Å². The lowest BCUT2D eigenvalue weighted by Crippen LogP contribution is -2.44. The maximum absolute atomic E-state index is 11.4. The molecule has 0 aromatic heterocycles. The minimum Gasteiger partial charge on any atom is -0.507 e. The molecule has 5 nitrogen and oxygen atoms in total. The Bertz CT molecular complexity index is 1350. The van der Waals surface area contributed by atoms with Gasteiger partial charge in [0.2, 0.25) is 0 Å². The molecular weight excluding hydrogens is 554 g/mol. The normalized spacial score (nSPS) is 18.8. The number of aliphatic imine (C=N–C) groups is 2. The van der Waals surface area contributed by atoms with Crippen LogP contribution >= 0.6 is 0 Å². The number of aryl methyl sites for hydroxylation is 1. The lowest BCUT2D eigenvalue weighted by Gasteiger charge is -2.32. The molecule has 0 amide bonds. The molecule has 2 aromatic carbocycles. The van der Waals surface area contributed by atoms with Crippen LogP contribution in [0.5, 0.6) is 11.5 Å². The van der Waals surface area contributed by atoms with Crippen molar-refractivity contribution in [1.82, 2.24) is 0 Å². The zero-order valence-electron chi connectivity index (χ0n) is 30.7. The maximum Gasteiger partial charge on any atom is 0.128 e. The van der Waals surface area contributed by atoms with Gasteiger partial charge in [-0.05, 0) is 78.2 Å². The molecule has 1 aliphatic rings. The van der Waals surface area contributed by atoms with Gasteiger partial charge in [0.25, 0.3) is 0 Å². The van der Waals surface area contributed by atoms with Gasteiger partial charge in [0.15, 0.2) is 0 Å². The Morgan fingerprint density at radius 2 is 1.18 bits per heavy atom. The summed E-state index contributed by atoms with van der Waals surface area (Å²) in [7, 11) is 2.32. The smallest absolute Gasteiger partial charge is 0.128 e. The number of hydrogen-bond acceptors (Lipinski definition) is 4. The molecule has 2 atom stereocenters. The number of hydrogen-bond donors (Lipinski definition) is 2. The highest BCUT2D eigenvalue weighted by molar-refractivity contribution is 5.86. The number of phenolic OH excluding ortho intramolecular Hbond substituents is 2. The summed E-state index contributed by atoms with van der Waals surface area (Å²) in [5.74, 6) is 0.687. The molecule has 2 aromatic rings. The summed E-state index contributed by atoms with van der Waals surface area (Å²) in [5.41, 5.74) is 5.72. The summed E-state index contributed by atoms with van der Waals surface area (Å²) in [4.78, 5) is 10.2. The highest BCUT2D eigenvalue weighted by atomic mass is 16.3. The van der Waals surface area contributed by atoms with Gasteiger partial charge in [0, 0.05) is 35.5 Å². The Kier molecular flexibility index (Phi) is 11.8. The molecule has 0 radical (unpaired) electrons. The Morgan fingerprint density at radius 3 is 1.62 bits per heavy atom. The number of rotatable bonds is 10. The van der Waals surface area contributed by atoms with E-state index in [1.165, 1.54) is 11.1 Å². The van der Waals surface area contributed by atoms with E-state index in [-0.39, 0.29) is 28.3 Å².